The molecule has 0 saturated carbocycles. The monoisotopic (exact) mass is 351 g/mol. The zero-order valence-electron chi connectivity index (χ0n) is 13.9. The molecule has 0 radical (unpaired) electrons. The van der Waals surface area contributed by atoms with Crippen LogP contribution in [0.4, 0.5) is 5.69 Å². The average molecular weight is 351 g/mol. The minimum atomic E-state index is -0.535. The summed E-state index contributed by atoms with van der Waals surface area (Å²) >= 11 is 1.44. The highest BCUT2D eigenvalue weighted by Crippen LogP contribution is 2.40. The first kappa shape index (κ1) is 16.9. The first-order valence-corrected chi connectivity index (χ1v) is 8.94. The molecule has 25 heavy (non-hydrogen) atoms. The lowest BCUT2D eigenvalue weighted by molar-refractivity contribution is -0.113. The van der Waals surface area contributed by atoms with Crippen molar-refractivity contribution in [3.63, 3.8) is 0 Å². The van der Waals surface area contributed by atoms with E-state index in [0.717, 1.165) is 5.03 Å². The quantitative estimate of drug-likeness (QED) is 0.871. The molecule has 2 heterocycles. The molecule has 1 atom stereocenters. The number of nitriles is 1. The second-order valence-electron chi connectivity index (χ2n) is 5.49. The summed E-state index contributed by atoms with van der Waals surface area (Å²) in [5, 5.41) is 16.5. The number of thioether (sulfide) groups is 1. The molecule has 0 bridgehead atoms. The number of benzene rings is 1. The third kappa shape index (κ3) is 3.32. The molecule has 0 aliphatic carbocycles. The van der Waals surface area contributed by atoms with Crippen LogP contribution in [0.3, 0.4) is 0 Å². The second-order valence-corrected chi connectivity index (χ2v) is 6.31. The number of rotatable bonds is 4. The maximum Gasteiger partial charge on any atom is 0.254 e. The Kier molecular flexibility index (Phi) is 4.96. The van der Waals surface area contributed by atoms with Crippen LogP contribution >= 0.6 is 11.8 Å². The minimum absolute atomic E-state index is 0.259. The summed E-state index contributed by atoms with van der Waals surface area (Å²) in [6.45, 7) is 1.83. The number of carbonyl (C=O) groups excluding carboxylic acids is 1. The number of hydrogen-bond donors (Lipinski definition) is 2. The van der Waals surface area contributed by atoms with Gasteiger partial charge in [-0.3, -0.25) is 4.79 Å². The first-order valence-electron chi connectivity index (χ1n) is 7.71. The van der Waals surface area contributed by atoms with Crippen molar-refractivity contribution < 1.29 is 9.21 Å². The van der Waals surface area contributed by atoms with Crippen LogP contribution in [0.25, 0.3) is 0 Å². The molecule has 6 heteroatoms. The first-order chi connectivity index (χ1) is 12.2. The van der Waals surface area contributed by atoms with Gasteiger partial charge in [0.05, 0.1) is 34.4 Å². The third-order valence-electron chi connectivity index (χ3n) is 3.96. The van der Waals surface area contributed by atoms with Crippen LogP contribution in [-0.4, -0.2) is 12.2 Å². The van der Waals surface area contributed by atoms with E-state index >= 15 is 0 Å². The van der Waals surface area contributed by atoms with Crippen molar-refractivity contribution in [2.75, 3.05) is 11.6 Å². The Hall–Kier alpha value is -2.91. The summed E-state index contributed by atoms with van der Waals surface area (Å²) in [6, 6.07) is 15.0. The number of nitrogens with zero attached hydrogens (tertiary/aromatic N) is 1. The maximum absolute atomic E-state index is 13.0. The summed E-state index contributed by atoms with van der Waals surface area (Å²) in [5.41, 5.74) is 2.36. The van der Waals surface area contributed by atoms with Crippen molar-refractivity contribution in [3.05, 3.63) is 76.4 Å². The lowest BCUT2D eigenvalue weighted by atomic mass is 9.85. The van der Waals surface area contributed by atoms with Crippen molar-refractivity contribution in [1.29, 1.82) is 5.26 Å². The van der Waals surface area contributed by atoms with Crippen molar-refractivity contribution in [3.8, 4) is 6.07 Å². The van der Waals surface area contributed by atoms with Gasteiger partial charge in [-0.05, 0) is 37.4 Å². The molecule has 5 nitrogen and oxygen atoms in total. The molecule has 1 aromatic heterocycles. The molecule has 126 valence electrons. The maximum atomic E-state index is 13.0. The van der Waals surface area contributed by atoms with E-state index in [1.54, 1.807) is 18.4 Å². The highest BCUT2D eigenvalue weighted by molar-refractivity contribution is 8.02. The number of anilines is 1. The number of allylic oxidation sites excluding steroid dienone is 2. The third-order valence-corrected chi connectivity index (χ3v) is 4.69. The Labute approximate surface area is 150 Å². The highest BCUT2D eigenvalue weighted by atomic mass is 32.2. The molecule has 1 unspecified atom stereocenters. The standard InChI is InChI=1S/C19H17N3O2S/c1-12-16(18(23)22-13-7-4-3-5-8-13)17(15-9-6-10-24-15)14(11-20)19(21-12)25-2/h3-10,17,21H,1-2H3,(H,22,23). The molecule has 2 aromatic rings. The largest absolute Gasteiger partial charge is 0.468 e. The van der Waals surface area contributed by atoms with Gasteiger partial charge >= 0.3 is 0 Å². The lowest BCUT2D eigenvalue weighted by Gasteiger charge is -2.28. The van der Waals surface area contributed by atoms with Gasteiger partial charge in [-0.15, -0.1) is 11.8 Å². The minimum Gasteiger partial charge on any atom is -0.468 e. The zero-order chi connectivity index (χ0) is 17.8. The second kappa shape index (κ2) is 7.32. The Morgan fingerprint density at radius 1 is 1.28 bits per heavy atom. The molecule has 1 aliphatic heterocycles. The molecule has 1 aromatic carbocycles. The van der Waals surface area contributed by atoms with E-state index in [1.807, 2.05) is 43.5 Å². The molecule has 0 spiro atoms. The van der Waals surface area contributed by atoms with Crippen LogP contribution in [-0.2, 0) is 4.79 Å². The van der Waals surface area contributed by atoms with Gasteiger partial charge in [0.15, 0.2) is 0 Å². The Morgan fingerprint density at radius 2 is 2.04 bits per heavy atom. The molecular weight excluding hydrogens is 334 g/mol. The fourth-order valence-corrected chi connectivity index (χ4v) is 3.47. The van der Waals surface area contributed by atoms with Crippen LogP contribution in [0.15, 0.2) is 75.0 Å². The van der Waals surface area contributed by atoms with Crippen LogP contribution in [0.2, 0.25) is 0 Å². The van der Waals surface area contributed by atoms with E-state index in [4.69, 9.17) is 4.42 Å². The van der Waals surface area contributed by atoms with Crippen LogP contribution in [0.5, 0.6) is 0 Å². The van der Waals surface area contributed by atoms with Crippen molar-refractivity contribution in [2.24, 2.45) is 0 Å². The van der Waals surface area contributed by atoms with E-state index < -0.39 is 5.92 Å². The summed E-state index contributed by atoms with van der Waals surface area (Å²) in [6.07, 6.45) is 3.44. The van der Waals surface area contributed by atoms with Crippen LogP contribution < -0.4 is 10.6 Å². The van der Waals surface area contributed by atoms with Crippen LogP contribution in [0.1, 0.15) is 18.6 Å². The number of nitrogens with one attached hydrogen (secondary N) is 2. The SMILES string of the molecule is CSC1=C(C#N)C(c2ccco2)C(C(=O)Nc2ccccc2)=C(C)N1. The van der Waals surface area contributed by atoms with E-state index in [9.17, 15) is 10.1 Å². The van der Waals surface area contributed by atoms with Gasteiger partial charge in [0, 0.05) is 11.4 Å². The smallest absolute Gasteiger partial charge is 0.254 e. The van der Waals surface area contributed by atoms with E-state index in [-0.39, 0.29) is 5.91 Å². The topological polar surface area (TPSA) is 78.1 Å². The van der Waals surface area contributed by atoms with Crippen molar-refractivity contribution >= 4 is 23.4 Å². The van der Waals surface area contributed by atoms with Crippen LogP contribution in [0, 0.1) is 11.3 Å². The van der Waals surface area contributed by atoms with Gasteiger partial charge < -0.3 is 15.1 Å². The summed E-state index contributed by atoms with van der Waals surface area (Å²) in [4.78, 5) is 13.0. The Morgan fingerprint density at radius 3 is 2.64 bits per heavy atom. The van der Waals surface area contributed by atoms with Gasteiger partial charge in [-0.25, -0.2) is 0 Å². The van der Waals surface area contributed by atoms with Gasteiger partial charge in [0.25, 0.3) is 5.91 Å². The van der Waals surface area contributed by atoms with Gasteiger partial charge in [-0.2, -0.15) is 5.26 Å². The van der Waals surface area contributed by atoms with E-state index in [0.29, 0.717) is 28.3 Å². The lowest BCUT2D eigenvalue weighted by Crippen LogP contribution is -2.30. The fourth-order valence-electron chi connectivity index (χ4n) is 2.83. The molecule has 2 N–H and O–H groups in total. The Bertz CT molecular complexity index is 877. The normalized spacial score (nSPS) is 17.1. The molecule has 0 fully saturated rings. The molecule has 1 amide bonds. The predicted octanol–water partition coefficient (Wildman–Crippen LogP) is 3.98. The summed E-state index contributed by atoms with van der Waals surface area (Å²) < 4.78 is 5.54. The average Bonchev–Trinajstić information content (AvgIpc) is 3.15. The van der Waals surface area contributed by atoms with E-state index in [2.05, 4.69) is 16.7 Å². The van der Waals surface area contributed by atoms with E-state index in [1.165, 1.54) is 11.8 Å². The van der Waals surface area contributed by atoms with Gasteiger partial charge in [-0.1, -0.05) is 18.2 Å². The number of furan rings is 1. The zero-order valence-corrected chi connectivity index (χ0v) is 14.7. The van der Waals surface area contributed by atoms with Gasteiger partial charge in [0.2, 0.25) is 0 Å². The molecule has 1 aliphatic rings. The van der Waals surface area contributed by atoms with Crippen molar-refractivity contribution in [2.45, 2.75) is 12.8 Å². The fraction of sp³-hybridized carbons (Fsp3) is 0.158. The number of amides is 1. The number of dihydropyridines is 1. The molecule has 0 saturated heterocycles. The van der Waals surface area contributed by atoms with Crippen molar-refractivity contribution in [1.82, 2.24) is 5.32 Å². The molecular formula is C19H17N3O2S. The Balaban J connectivity index is 2.03. The number of hydrogen-bond acceptors (Lipinski definition) is 5. The highest BCUT2D eigenvalue weighted by Gasteiger charge is 2.36. The number of para-hydroxylation sites is 1. The predicted molar refractivity (Wildman–Crippen MR) is 98.5 cm³/mol. The summed E-state index contributed by atoms with van der Waals surface area (Å²) in [7, 11) is 0. The van der Waals surface area contributed by atoms with Gasteiger partial charge in [0.1, 0.15) is 5.76 Å². The molecule has 3 rings (SSSR count). The number of carbonyl (C=O) groups is 1. The summed E-state index contributed by atoms with van der Waals surface area (Å²) in [5.74, 6) is -0.222.